The molecular formula is C20H34N4. The molecule has 4 heteroatoms. The summed E-state index contributed by atoms with van der Waals surface area (Å²) in [5, 5.41) is 3.50. The first-order valence-corrected chi connectivity index (χ1v) is 9.53. The Hall–Kier alpha value is -1.26. The van der Waals surface area contributed by atoms with E-state index in [9.17, 15) is 0 Å². The van der Waals surface area contributed by atoms with Gasteiger partial charge in [0.2, 0.25) is 0 Å². The van der Waals surface area contributed by atoms with Gasteiger partial charge in [-0.25, -0.2) is 0 Å². The second-order valence-corrected chi connectivity index (χ2v) is 7.27. The quantitative estimate of drug-likeness (QED) is 0.471. The molecule has 24 heavy (non-hydrogen) atoms. The van der Waals surface area contributed by atoms with E-state index in [0.29, 0.717) is 5.41 Å². The average Bonchev–Trinajstić information content (AvgIpc) is 3.32. The zero-order valence-electron chi connectivity index (χ0n) is 15.7. The van der Waals surface area contributed by atoms with Crippen LogP contribution in [-0.4, -0.2) is 48.8 Å². The van der Waals surface area contributed by atoms with Gasteiger partial charge in [-0.3, -0.25) is 9.98 Å². The van der Waals surface area contributed by atoms with Crippen molar-refractivity contribution in [2.75, 3.05) is 32.7 Å². The van der Waals surface area contributed by atoms with Crippen LogP contribution in [0.5, 0.6) is 0 Å². The van der Waals surface area contributed by atoms with Gasteiger partial charge in [-0.1, -0.05) is 20.8 Å². The largest absolute Gasteiger partial charge is 0.311 e. The highest BCUT2D eigenvalue weighted by Crippen LogP contribution is 2.44. The lowest BCUT2D eigenvalue weighted by Gasteiger charge is -2.17. The molecule has 0 aliphatic heterocycles. The molecule has 134 valence electrons. The molecule has 0 spiro atoms. The summed E-state index contributed by atoms with van der Waals surface area (Å²) in [5.41, 5.74) is 2.74. The maximum absolute atomic E-state index is 4.59. The van der Waals surface area contributed by atoms with Gasteiger partial charge in [0.1, 0.15) is 0 Å². The van der Waals surface area contributed by atoms with Crippen LogP contribution in [0.4, 0.5) is 0 Å². The van der Waals surface area contributed by atoms with Crippen LogP contribution in [0, 0.1) is 5.41 Å². The zero-order chi connectivity index (χ0) is 17.3. The van der Waals surface area contributed by atoms with E-state index in [2.05, 4.69) is 47.0 Å². The molecule has 0 unspecified atom stereocenters. The van der Waals surface area contributed by atoms with Crippen molar-refractivity contribution in [2.24, 2.45) is 10.4 Å². The number of hydrogen-bond acceptors (Lipinski definition) is 4. The monoisotopic (exact) mass is 330 g/mol. The number of nitrogens with zero attached hydrogens (tertiary/aromatic N) is 3. The second kappa shape index (κ2) is 9.90. The molecule has 2 rings (SSSR count). The Morgan fingerprint density at radius 2 is 2.08 bits per heavy atom. The Bertz CT molecular complexity index is 504. The van der Waals surface area contributed by atoms with Gasteiger partial charge >= 0.3 is 0 Å². The fourth-order valence-electron chi connectivity index (χ4n) is 2.76. The third kappa shape index (κ3) is 7.10. The Morgan fingerprint density at radius 1 is 1.29 bits per heavy atom. The summed E-state index contributed by atoms with van der Waals surface area (Å²) < 4.78 is 0. The number of rotatable bonds is 12. The molecule has 1 aromatic rings. The van der Waals surface area contributed by atoms with Gasteiger partial charge in [-0.2, -0.15) is 0 Å². The minimum absolute atomic E-state index is 0.485. The molecule has 0 amide bonds. The summed E-state index contributed by atoms with van der Waals surface area (Å²) in [6.45, 7) is 13.1. The topological polar surface area (TPSA) is 40.5 Å². The number of unbranched alkanes of at least 4 members (excludes halogenated alkanes) is 1. The van der Waals surface area contributed by atoms with Crippen molar-refractivity contribution in [3.05, 3.63) is 29.6 Å². The number of nitrogens with one attached hydrogen (secondary N) is 1. The number of hydrogen-bond donors (Lipinski definition) is 1. The Morgan fingerprint density at radius 3 is 2.79 bits per heavy atom. The van der Waals surface area contributed by atoms with Gasteiger partial charge in [-0.05, 0) is 75.0 Å². The predicted octanol–water partition coefficient (Wildman–Crippen LogP) is 3.51. The molecule has 0 bridgehead atoms. The van der Waals surface area contributed by atoms with Gasteiger partial charge in [0.15, 0.2) is 0 Å². The average molecular weight is 331 g/mol. The molecule has 0 atom stereocenters. The number of pyridine rings is 1. The van der Waals surface area contributed by atoms with Gasteiger partial charge in [0, 0.05) is 25.5 Å². The predicted molar refractivity (Wildman–Crippen MR) is 103 cm³/mol. The summed E-state index contributed by atoms with van der Waals surface area (Å²) >= 11 is 0. The Balaban J connectivity index is 1.63. The van der Waals surface area contributed by atoms with Crippen LogP contribution >= 0.6 is 0 Å². The van der Waals surface area contributed by atoms with Crippen LogP contribution in [0.3, 0.4) is 0 Å². The van der Waals surface area contributed by atoms with Crippen molar-refractivity contribution in [2.45, 2.75) is 53.0 Å². The third-order valence-electron chi connectivity index (χ3n) is 4.94. The number of aliphatic imine (C=N–C) groups is 1. The van der Waals surface area contributed by atoms with Crippen molar-refractivity contribution in [3.63, 3.8) is 0 Å². The van der Waals surface area contributed by atoms with Crippen molar-refractivity contribution < 1.29 is 0 Å². The minimum atomic E-state index is 0.485. The Labute approximate surface area is 147 Å². The lowest BCUT2D eigenvalue weighted by atomic mass is 10.1. The Kier molecular flexibility index (Phi) is 7.86. The van der Waals surface area contributed by atoms with E-state index >= 15 is 0 Å². The molecule has 1 fully saturated rings. The molecule has 1 aliphatic carbocycles. The zero-order valence-corrected chi connectivity index (χ0v) is 15.7. The van der Waals surface area contributed by atoms with E-state index in [-0.39, 0.29) is 0 Å². The molecular weight excluding hydrogens is 296 g/mol. The molecule has 0 radical (unpaired) electrons. The molecule has 0 aromatic carbocycles. The molecule has 4 nitrogen and oxygen atoms in total. The first kappa shape index (κ1) is 19.1. The SMILES string of the molecule is CCN(CC)CCCCNCc1cc(C=NCC2(C)CC2)ccn1. The van der Waals surface area contributed by atoms with Crippen molar-refractivity contribution >= 4 is 6.21 Å². The molecule has 1 aromatic heterocycles. The summed E-state index contributed by atoms with van der Waals surface area (Å²) in [7, 11) is 0. The van der Waals surface area contributed by atoms with Gasteiger partial charge in [0.25, 0.3) is 0 Å². The molecule has 1 heterocycles. The van der Waals surface area contributed by atoms with Crippen molar-refractivity contribution in [1.82, 2.24) is 15.2 Å². The fourth-order valence-corrected chi connectivity index (χ4v) is 2.76. The van der Waals surface area contributed by atoms with E-state index in [1.54, 1.807) is 0 Å². The third-order valence-corrected chi connectivity index (χ3v) is 4.94. The number of aromatic nitrogens is 1. The first-order chi connectivity index (χ1) is 11.6. The second-order valence-electron chi connectivity index (χ2n) is 7.27. The fraction of sp³-hybridized carbons (Fsp3) is 0.700. The first-order valence-electron chi connectivity index (χ1n) is 9.53. The summed E-state index contributed by atoms with van der Waals surface area (Å²) in [5.74, 6) is 0. The van der Waals surface area contributed by atoms with Crippen LogP contribution in [0.25, 0.3) is 0 Å². The highest BCUT2D eigenvalue weighted by molar-refractivity contribution is 5.79. The van der Waals surface area contributed by atoms with Gasteiger partial charge in [0.05, 0.1) is 5.69 Å². The summed E-state index contributed by atoms with van der Waals surface area (Å²) in [6, 6.07) is 4.17. The van der Waals surface area contributed by atoms with Crippen LogP contribution in [0.15, 0.2) is 23.3 Å². The standard InChI is InChI=1S/C20H34N4/c1-4-24(5-2)13-7-6-11-21-16-19-14-18(8-12-23-19)15-22-17-20(3)9-10-20/h8,12,14-15,21H,4-7,9-11,13,16-17H2,1-3H3. The summed E-state index contributed by atoms with van der Waals surface area (Å²) in [6.07, 6.45) is 9.01. The van der Waals surface area contributed by atoms with E-state index in [1.807, 2.05) is 18.5 Å². The maximum Gasteiger partial charge on any atom is 0.0548 e. The van der Waals surface area contributed by atoms with E-state index in [4.69, 9.17) is 0 Å². The minimum Gasteiger partial charge on any atom is -0.311 e. The lowest BCUT2D eigenvalue weighted by Crippen LogP contribution is -2.25. The smallest absolute Gasteiger partial charge is 0.0548 e. The molecule has 1 aliphatic rings. The highest BCUT2D eigenvalue weighted by Gasteiger charge is 2.36. The maximum atomic E-state index is 4.59. The van der Waals surface area contributed by atoms with E-state index in [0.717, 1.165) is 44.0 Å². The van der Waals surface area contributed by atoms with Crippen molar-refractivity contribution in [3.8, 4) is 0 Å². The van der Waals surface area contributed by atoms with E-state index in [1.165, 1.54) is 32.2 Å². The lowest BCUT2D eigenvalue weighted by molar-refractivity contribution is 0.296. The highest BCUT2D eigenvalue weighted by atomic mass is 15.1. The summed E-state index contributed by atoms with van der Waals surface area (Å²) in [4.78, 5) is 11.5. The van der Waals surface area contributed by atoms with Crippen LogP contribution in [-0.2, 0) is 6.54 Å². The van der Waals surface area contributed by atoms with Gasteiger partial charge < -0.3 is 10.2 Å². The van der Waals surface area contributed by atoms with Gasteiger partial charge in [-0.15, -0.1) is 0 Å². The van der Waals surface area contributed by atoms with Crippen LogP contribution in [0.2, 0.25) is 0 Å². The normalized spacial score (nSPS) is 16.2. The van der Waals surface area contributed by atoms with E-state index < -0.39 is 0 Å². The molecule has 1 N–H and O–H groups in total. The molecule has 0 saturated heterocycles. The molecule has 1 saturated carbocycles. The van der Waals surface area contributed by atoms with Crippen molar-refractivity contribution in [1.29, 1.82) is 0 Å². The van der Waals surface area contributed by atoms with Crippen LogP contribution < -0.4 is 5.32 Å². The van der Waals surface area contributed by atoms with Crippen LogP contribution in [0.1, 0.15) is 57.7 Å².